The van der Waals surface area contributed by atoms with Crippen molar-refractivity contribution in [3.05, 3.63) is 131 Å². The minimum Gasteiger partial charge on any atom is -0.336 e. The summed E-state index contributed by atoms with van der Waals surface area (Å²) in [5.41, 5.74) is 7.61. The van der Waals surface area contributed by atoms with Crippen molar-refractivity contribution in [1.82, 2.24) is 15.1 Å². The van der Waals surface area contributed by atoms with E-state index in [0.717, 1.165) is 52.0 Å². The van der Waals surface area contributed by atoms with E-state index in [1.807, 2.05) is 0 Å². The highest BCUT2D eigenvalue weighted by Crippen LogP contribution is 2.28. The first-order valence-corrected chi connectivity index (χ1v) is 14.6. The van der Waals surface area contributed by atoms with Gasteiger partial charge in [0, 0.05) is 45.7 Å². The third kappa shape index (κ3) is 7.68. The number of rotatable bonds is 11. The van der Waals surface area contributed by atoms with E-state index in [-0.39, 0.29) is 11.9 Å². The largest absolute Gasteiger partial charge is 0.336 e. The molecule has 1 heterocycles. The number of carbonyl (C=O) groups is 1. The van der Waals surface area contributed by atoms with Crippen molar-refractivity contribution in [1.29, 1.82) is 0 Å². The maximum atomic E-state index is 12.9. The third-order valence-electron chi connectivity index (χ3n) is 8.01. The van der Waals surface area contributed by atoms with Crippen molar-refractivity contribution >= 4 is 5.91 Å². The number of benzene rings is 4. The summed E-state index contributed by atoms with van der Waals surface area (Å²) in [4.78, 5) is 17.5. The van der Waals surface area contributed by atoms with E-state index < -0.39 is 0 Å². The van der Waals surface area contributed by atoms with Crippen molar-refractivity contribution in [3.8, 4) is 11.1 Å². The summed E-state index contributed by atoms with van der Waals surface area (Å²) in [6.45, 7) is 7.17. The number of carbonyl (C=O) groups excluding carboxylic acids is 1. The zero-order chi connectivity index (χ0) is 27.6. The normalized spacial score (nSPS) is 14.2. The van der Waals surface area contributed by atoms with Crippen LogP contribution in [0.25, 0.3) is 11.1 Å². The Hall–Kier alpha value is -3.73. The van der Waals surface area contributed by atoms with Gasteiger partial charge in [-0.3, -0.25) is 9.69 Å². The van der Waals surface area contributed by atoms with E-state index in [1.54, 1.807) is 6.92 Å². The van der Waals surface area contributed by atoms with Crippen LogP contribution in [-0.2, 0) is 30.8 Å². The number of nitrogens with one attached hydrogen (secondary N) is 1. The molecule has 1 saturated heterocycles. The number of amides is 1. The number of nitrogens with zero attached hydrogens (tertiary/aromatic N) is 2. The molecule has 5 rings (SSSR count). The highest BCUT2D eigenvalue weighted by molar-refractivity contribution is 5.75. The van der Waals surface area contributed by atoms with Crippen LogP contribution in [0.1, 0.15) is 42.0 Å². The van der Waals surface area contributed by atoms with Gasteiger partial charge in [-0.25, -0.2) is 0 Å². The van der Waals surface area contributed by atoms with Gasteiger partial charge in [-0.2, -0.15) is 0 Å². The average molecular weight is 532 g/mol. The molecule has 0 radical (unpaired) electrons. The molecule has 0 atom stereocenters. The molecule has 40 heavy (non-hydrogen) atoms. The van der Waals surface area contributed by atoms with E-state index in [4.69, 9.17) is 0 Å². The molecule has 0 bridgehead atoms. The first-order valence-electron chi connectivity index (χ1n) is 14.6. The molecule has 1 fully saturated rings. The standard InChI is InChI=1S/C36H41N3O/c1-29(40)39(35-20-23-38(24-21-35)27-31-13-6-3-7-14-31)28-34-16-8-9-18-36(34)33-17-10-15-32(25-33)26-37-22-19-30-11-4-2-5-12-30/h2-18,25,35,37H,19-24,26-28H2,1H3. The molecule has 4 heteroatoms. The van der Waals surface area contributed by atoms with E-state index in [1.165, 1.54) is 33.4 Å². The average Bonchev–Trinajstić information content (AvgIpc) is 3.00. The Bertz CT molecular complexity index is 1350. The maximum absolute atomic E-state index is 12.9. The van der Waals surface area contributed by atoms with Crippen LogP contribution in [0, 0.1) is 0 Å². The minimum atomic E-state index is 0.160. The Balaban J connectivity index is 1.21. The van der Waals surface area contributed by atoms with E-state index >= 15 is 0 Å². The minimum absolute atomic E-state index is 0.160. The summed E-state index contributed by atoms with van der Waals surface area (Å²) >= 11 is 0. The molecule has 0 spiro atoms. The van der Waals surface area contributed by atoms with Gasteiger partial charge in [-0.1, -0.05) is 103 Å². The summed E-state index contributed by atoms with van der Waals surface area (Å²) in [6, 6.07) is 38.9. The van der Waals surface area contributed by atoms with Gasteiger partial charge in [0.25, 0.3) is 0 Å². The van der Waals surface area contributed by atoms with Gasteiger partial charge < -0.3 is 10.2 Å². The lowest BCUT2D eigenvalue weighted by atomic mass is 9.96. The van der Waals surface area contributed by atoms with Crippen molar-refractivity contribution in [3.63, 3.8) is 0 Å². The lowest BCUT2D eigenvalue weighted by Crippen LogP contribution is -2.46. The van der Waals surface area contributed by atoms with Crippen LogP contribution in [0.15, 0.2) is 109 Å². The van der Waals surface area contributed by atoms with Crippen LogP contribution >= 0.6 is 0 Å². The Morgan fingerprint density at radius 3 is 2.17 bits per heavy atom. The maximum Gasteiger partial charge on any atom is 0.219 e. The summed E-state index contributed by atoms with van der Waals surface area (Å²) in [5, 5.41) is 3.60. The third-order valence-corrected chi connectivity index (χ3v) is 8.01. The second kappa shape index (κ2) is 14.1. The molecule has 4 aromatic carbocycles. The van der Waals surface area contributed by atoms with Crippen molar-refractivity contribution in [2.45, 2.75) is 51.9 Å². The van der Waals surface area contributed by atoms with Crippen LogP contribution in [-0.4, -0.2) is 41.4 Å². The summed E-state index contributed by atoms with van der Waals surface area (Å²) in [5.74, 6) is 0.160. The molecule has 0 unspecified atom stereocenters. The summed E-state index contributed by atoms with van der Waals surface area (Å²) < 4.78 is 0. The van der Waals surface area contributed by atoms with Gasteiger partial charge in [0.1, 0.15) is 0 Å². The summed E-state index contributed by atoms with van der Waals surface area (Å²) in [7, 11) is 0. The van der Waals surface area contributed by atoms with Gasteiger partial charge in [0.15, 0.2) is 0 Å². The molecular weight excluding hydrogens is 490 g/mol. The van der Waals surface area contributed by atoms with Crippen molar-refractivity contribution in [2.24, 2.45) is 0 Å². The Morgan fingerprint density at radius 1 is 0.800 bits per heavy atom. The van der Waals surface area contributed by atoms with Crippen molar-refractivity contribution < 1.29 is 4.79 Å². The van der Waals surface area contributed by atoms with E-state index in [9.17, 15) is 4.79 Å². The monoisotopic (exact) mass is 531 g/mol. The van der Waals surface area contributed by atoms with Gasteiger partial charge in [-0.15, -0.1) is 0 Å². The molecule has 1 N–H and O–H groups in total. The number of piperidine rings is 1. The fourth-order valence-electron chi connectivity index (χ4n) is 5.81. The molecule has 0 aromatic heterocycles. The highest BCUT2D eigenvalue weighted by atomic mass is 16.2. The molecule has 206 valence electrons. The Morgan fingerprint density at radius 2 is 1.45 bits per heavy atom. The topological polar surface area (TPSA) is 35.6 Å². The molecule has 4 aromatic rings. The van der Waals surface area contributed by atoms with Crippen LogP contribution in [0.3, 0.4) is 0 Å². The van der Waals surface area contributed by atoms with Gasteiger partial charge in [-0.05, 0) is 65.3 Å². The van der Waals surface area contributed by atoms with E-state index in [0.29, 0.717) is 6.54 Å². The molecule has 0 aliphatic carbocycles. The first kappa shape index (κ1) is 27.8. The number of hydrogen-bond acceptors (Lipinski definition) is 3. The SMILES string of the molecule is CC(=O)N(Cc1ccccc1-c1cccc(CNCCc2ccccc2)c1)C1CCN(Cc2ccccc2)CC1. The van der Waals surface area contributed by atoms with Crippen molar-refractivity contribution in [2.75, 3.05) is 19.6 Å². The quantitative estimate of drug-likeness (QED) is 0.219. The lowest BCUT2D eigenvalue weighted by molar-refractivity contribution is -0.132. The number of hydrogen-bond donors (Lipinski definition) is 1. The van der Waals surface area contributed by atoms with Gasteiger partial charge in [0.05, 0.1) is 0 Å². The molecule has 4 nitrogen and oxygen atoms in total. The second-order valence-electron chi connectivity index (χ2n) is 10.9. The van der Waals surface area contributed by atoms with Gasteiger partial charge in [0.2, 0.25) is 5.91 Å². The fourth-order valence-corrected chi connectivity index (χ4v) is 5.81. The molecule has 1 aliphatic rings. The predicted octanol–water partition coefficient (Wildman–Crippen LogP) is 6.70. The van der Waals surface area contributed by atoms with E-state index in [2.05, 4.69) is 124 Å². The predicted molar refractivity (Wildman–Crippen MR) is 165 cm³/mol. The highest BCUT2D eigenvalue weighted by Gasteiger charge is 2.27. The zero-order valence-corrected chi connectivity index (χ0v) is 23.6. The number of likely N-dealkylation sites (tertiary alicyclic amines) is 1. The van der Waals surface area contributed by atoms with Crippen LogP contribution < -0.4 is 5.32 Å². The smallest absolute Gasteiger partial charge is 0.219 e. The van der Waals surface area contributed by atoms with Crippen LogP contribution in [0.2, 0.25) is 0 Å². The van der Waals surface area contributed by atoms with Crippen LogP contribution in [0.4, 0.5) is 0 Å². The van der Waals surface area contributed by atoms with Gasteiger partial charge >= 0.3 is 0 Å². The molecular formula is C36H41N3O. The first-order chi connectivity index (χ1) is 19.7. The summed E-state index contributed by atoms with van der Waals surface area (Å²) in [6.07, 6.45) is 3.05. The molecule has 1 amide bonds. The van der Waals surface area contributed by atoms with Crippen LogP contribution in [0.5, 0.6) is 0 Å². The Labute approximate surface area is 239 Å². The Kier molecular flexibility index (Phi) is 9.78. The second-order valence-corrected chi connectivity index (χ2v) is 10.9. The lowest BCUT2D eigenvalue weighted by Gasteiger charge is -2.38. The zero-order valence-electron chi connectivity index (χ0n) is 23.6. The fraction of sp³-hybridized carbons (Fsp3) is 0.306. The molecule has 0 saturated carbocycles. The molecule has 1 aliphatic heterocycles.